The summed E-state index contributed by atoms with van der Waals surface area (Å²) in [5, 5.41) is 15.9. The average molecular weight is 548 g/mol. The number of carbonyl (C=O) groups is 4. The summed E-state index contributed by atoms with van der Waals surface area (Å²) in [5.41, 5.74) is -0.594. The van der Waals surface area contributed by atoms with Crippen molar-refractivity contribution in [1.29, 1.82) is 0 Å². The summed E-state index contributed by atoms with van der Waals surface area (Å²) in [6.07, 6.45) is 6.15. The average Bonchev–Trinajstić information content (AvgIpc) is 3.61. The number of hydrogen-bond donors (Lipinski definition) is 2. The molecule has 1 aromatic heterocycles. The largest absolute Gasteiger partial charge is 0.430 e. The van der Waals surface area contributed by atoms with Crippen molar-refractivity contribution in [3.05, 3.63) is 22.8 Å². The van der Waals surface area contributed by atoms with Crippen molar-refractivity contribution in [2.45, 2.75) is 77.8 Å². The van der Waals surface area contributed by atoms with Gasteiger partial charge in [-0.25, -0.2) is 5.06 Å². The fourth-order valence-corrected chi connectivity index (χ4v) is 5.58. The molecule has 3 rings (SSSR count). The van der Waals surface area contributed by atoms with Crippen LogP contribution in [-0.4, -0.2) is 83.0 Å². The normalized spacial score (nSPS) is 18.3. The molecule has 2 aliphatic rings. The molecule has 0 aromatic carbocycles. The molecule has 1 aliphatic heterocycles. The van der Waals surface area contributed by atoms with Crippen LogP contribution in [0.25, 0.3) is 0 Å². The molecule has 1 aliphatic carbocycles. The van der Waals surface area contributed by atoms with Crippen LogP contribution in [0.1, 0.15) is 76.3 Å². The Balaban J connectivity index is 1.64. The number of furan rings is 1. The van der Waals surface area contributed by atoms with Crippen LogP contribution in [0.2, 0.25) is 0 Å². The molecule has 2 fully saturated rings. The first-order valence-corrected chi connectivity index (χ1v) is 13.6. The molecule has 1 saturated carbocycles. The van der Waals surface area contributed by atoms with Gasteiger partial charge in [0.05, 0.1) is 12.5 Å². The third-order valence-corrected chi connectivity index (χ3v) is 7.93. The molecule has 0 bridgehead atoms. The SMILES string of the molecule is CN(C(=O)[C@@H](NC(=O)C(CC1CCCC1)CN(O)C=O)C(C)(C)C)C1CCN(C(=O)c2ccc(N=O)o2)CC1. The van der Waals surface area contributed by atoms with Gasteiger partial charge in [-0.15, -0.1) is 4.91 Å². The van der Waals surface area contributed by atoms with Crippen molar-refractivity contribution in [2.75, 3.05) is 26.7 Å². The lowest BCUT2D eigenvalue weighted by Gasteiger charge is -2.40. The van der Waals surface area contributed by atoms with Crippen LogP contribution in [0.3, 0.4) is 0 Å². The maximum atomic E-state index is 13.7. The van der Waals surface area contributed by atoms with Gasteiger partial charge in [0, 0.05) is 37.4 Å². The summed E-state index contributed by atoms with van der Waals surface area (Å²) in [7, 11) is 1.71. The second-order valence-corrected chi connectivity index (χ2v) is 11.8. The van der Waals surface area contributed by atoms with Gasteiger partial charge in [-0.05, 0) is 36.7 Å². The summed E-state index contributed by atoms with van der Waals surface area (Å²) >= 11 is 0. The van der Waals surface area contributed by atoms with E-state index in [4.69, 9.17) is 4.42 Å². The van der Waals surface area contributed by atoms with Crippen LogP contribution in [0.5, 0.6) is 0 Å². The van der Waals surface area contributed by atoms with E-state index >= 15 is 0 Å². The fourth-order valence-electron chi connectivity index (χ4n) is 5.58. The Labute approximate surface area is 229 Å². The monoisotopic (exact) mass is 547 g/mol. The van der Waals surface area contributed by atoms with E-state index in [-0.39, 0.29) is 48.4 Å². The highest BCUT2D eigenvalue weighted by atomic mass is 16.5. The van der Waals surface area contributed by atoms with Gasteiger partial charge in [0.1, 0.15) is 6.04 Å². The minimum absolute atomic E-state index is 0.0474. The van der Waals surface area contributed by atoms with Gasteiger partial charge in [0.2, 0.25) is 18.2 Å². The minimum atomic E-state index is -0.818. The van der Waals surface area contributed by atoms with Crippen molar-refractivity contribution >= 4 is 30.0 Å². The number of likely N-dealkylation sites (N-methyl/N-ethyl adjacent to an activating group) is 1. The van der Waals surface area contributed by atoms with Crippen LogP contribution in [0.15, 0.2) is 21.7 Å². The van der Waals surface area contributed by atoms with E-state index in [2.05, 4.69) is 10.5 Å². The van der Waals surface area contributed by atoms with Crippen LogP contribution in [0, 0.1) is 22.2 Å². The summed E-state index contributed by atoms with van der Waals surface area (Å²) in [5.74, 6) is -1.31. The second kappa shape index (κ2) is 13.2. The molecular weight excluding hydrogens is 506 g/mol. The summed E-state index contributed by atoms with van der Waals surface area (Å²) < 4.78 is 5.15. The molecule has 12 nitrogen and oxygen atoms in total. The molecule has 4 amide bonds. The van der Waals surface area contributed by atoms with Gasteiger partial charge >= 0.3 is 0 Å². The van der Waals surface area contributed by atoms with Crippen LogP contribution < -0.4 is 5.32 Å². The molecular formula is C27H41N5O7. The first-order chi connectivity index (χ1) is 18.4. The number of hydrogen-bond acceptors (Lipinski definition) is 8. The topological polar surface area (TPSA) is 153 Å². The molecule has 2 N–H and O–H groups in total. The molecule has 216 valence electrons. The van der Waals surface area contributed by atoms with E-state index in [0.717, 1.165) is 25.7 Å². The lowest BCUT2D eigenvalue weighted by atomic mass is 9.84. The molecule has 2 atom stereocenters. The molecule has 2 heterocycles. The molecule has 0 spiro atoms. The number of carbonyl (C=O) groups excluding carboxylic acids is 4. The van der Waals surface area contributed by atoms with E-state index in [9.17, 15) is 29.3 Å². The van der Waals surface area contributed by atoms with E-state index < -0.39 is 17.4 Å². The Morgan fingerprint density at radius 3 is 2.36 bits per heavy atom. The van der Waals surface area contributed by atoms with Crippen LogP contribution in [-0.2, 0) is 14.4 Å². The van der Waals surface area contributed by atoms with E-state index in [1.54, 1.807) is 16.8 Å². The number of likely N-dealkylation sites (tertiary alicyclic amines) is 1. The molecule has 1 aromatic rings. The first kappa shape index (κ1) is 30.3. The Morgan fingerprint density at radius 2 is 1.82 bits per heavy atom. The molecule has 1 unspecified atom stereocenters. The number of hydroxylamine groups is 2. The summed E-state index contributed by atoms with van der Waals surface area (Å²) in [4.78, 5) is 64.7. The van der Waals surface area contributed by atoms with Gasteiger partial charge in [0.25, 0.3) is 11.8 Å². The Kier molecular flexibility index (Phi) is 10.2. The quantitative estimate of drug-likeness (QED) is 0.186. The smallest absolute Gasteiger partial charge is 0.289 e. The van der Waals surface area contributed by atoms with Crippen molar-refractivity contribution in [2.24, 2.45) is 22.4 Å². The minimum Gasteiger partial charge on any atom is -0.430 e. The zero-order chi connectivity index (χ0) is 28.7. The van der Waals surface area contributed by atoms with E-state index in [1.165, 1.54) is 12.1 Å². The zero-order valence-corrected chi connectivity index (χ0v) is 23.3. The van der Waals surface area contributed by atoms with Gasteiger partial charge < -0.3 is 19.5 Å². The second-order valence-electron chi connectivity index (χ2n) is 11.8. The van der Waals surface area contributed by atoms with Gasteiger partial charge in [-0.1, -0.05) is 46.5 Å². The van der Waals surface area contributed by atoms with Gasteiger partial charge in [-0.2, -0.15) is 0 Å². The maximum Gasteiger partial charge on any atom is 0.289 e. The third-order valence-electron chi connectivity index (χ3n) is 7.93. The number of nitrogens with one attached hydrogen (secondary N) is 1. The number of nitroso groups, excluding NO2 is 1. The van der Waals surface area contributed by atoms with Crippen molar-refractivity contribution in [1.82, 2.24) is 20.2 Å². The van der Waals surface area contributed by atoms with Gasteiger partial charge in [0.15, 0.2) is 5.76 Å². The predicted octanol–water partition coefficient (Wildman–Crippen LogP) is 3.32. The predicted molar refractivity (Wildman–Crippen MR) is 142 cm³/mol. The number of nitrogens with zero attached hydrogens (tertiary/aromatic N) is 4. The van der Waals surface area contributed by atoms with Gasteiger partial charge in [-0.3, -0.25) is 24.4 Å². The molecule has 0 radical (unpaired) electrons. The Hall–Kier alpha value is -3.28. The summed E-state index contributed by atoms with van der Waals surface area (Å²) in [6.45, 7) is 6.32. The Bertz CT molecular complexity index is 1020. The zero-order valence-electron chi connectivity index (χ0n) is 23.3. The van der Waals surface area contributed by atoms with Crippen molar-refractivity contribution in [3.8, 4) is 0 Å². The lowest BCUT2D eigenvalue weighted by molar-refractivity contribution is -0.156. The Morgan fingerprint density at radius 1 is 1.18 bits per heavy atom. The van der Waals surface area contributed by atoms with E-state index in [0.29, 0.717) is 43.3 Å². The highest BCUT2D eigenvalue weighted by molar-refractivity contribution is 5.92. The van der Waals surface area contributed by atoms with Crippen LogP contribution >= 0.6 is 0 Å². The van der Waals surface area contributed by atoms with Crippen LogP contribution in [0.4, 0.5) is 5.88 Å². The number of piperidine rings is 1. The third kappa shape index (κ3) is 7.87. The van der Waals surface area contributed by atoms with Crippen molar-refractivity contribution in [3.63, 3.8) is 0 Å². The highest BCUT2D eigenvalue weighted by Crippen LogP contribution is 2.31. The molecule has 39 heavy (non-hydrogen) atoms. The summed E-state index contributed by atoms with van der Waals surface area (Å²) in [6, 6.07) is 1.81. The molecule has 1 saturated heterocycles. The number of rotatable bonds is 11. The standard InChI is InChI=1S/C27H41N5O7/c1-27(2,3)23(28-24(34)19(16-32(38)17-33)15-18-7-5-6-8-18)26(36)30(4)20-11-13-31(14-12-20)25(35)21-9-10-22(29-37)39-21/h9-10,17-20,23,38H,5-8,11-16H2,1-4H3,(H,28,34)/t19?,23-/m1/s1. The lowest BCUT2D eigenvalue weighted by Crippen LogP contribution is -2.58. The number of amides is 4. The maximum absolute atomic E-state index is 13.7. The highest BCUT2D eigenvalue weighted by Gasteiger charge is 2.39. The fraction of sp³-hybridized carbons (Fsp3) is 0.704. The first-order valence-electron chi connectivity index (χ1n) is 13.6. The van der Waals surface area contributed by atoms with E-state index in [1.807, 2.05) is 20.8 Å². The molecule has 12 heteroatoms. The van der Waals surface area contributed by atoms with Crippen molar-refractivity contribution < 1.29 is 28.8 Å².